The fraction of sp³-hybridized carbons (Fsp3) is 0.214. The SMILES string of the molecule is COc1cccc(C(O)CSc2csc(C(=O)O)c2)c1. The molecule has 2 rings (SSSR count). The largest absolute Gasteiger partial charge is 0.497 e. The molecule has 4 nitrogen and oxygen atoms in total. The van der Waals surface area contributed by atoms with Crippen molar-refractivity contribution in [1.29, 1.82) is 0 Å². The van der Waals surface area contributed by atoms with Crippen LogP contribution in [0.3, 0.4) is 0 Å². The molecule has 0 aliphatic rings. The molecule has 0 bridgehead atoms. The van der Waals surface area contributed by atoms with Crippen LogP contribution in [0.2, 0.25) is 0 Å². The van der Waals surface area contributed by atoms with E-state index in [9.17, 15) is 9.90 Å². The number of carboxylic acid groups (broad SMARTS) is 1. The Kier molecular flexibility index (Phi) is 5.05. The molecule has 0 saturated carbocycles. The van der Waals surface area contributed by atoms with Crippen molar-refractivity contribution in [3.8, 4) is 5.75 Å². The Morgan fingerprint density at radius 1 is 1.45 bits per heavy atom. The van der Waals surface area contributed by atoms with Gasteiger partial charge >= 0.3 is 5.97 Å². The molecule has 0 fully saturated rings. The van der Waals surface area contributed by atoms with Gasteiger partial charge in [0.15, 0.2) is 0 Å². The number of benzene rings is 1. The molecule has 0 aliphatic carbocycles. The molecule has 1 aromatic heterocycles. The molecule has 0 saturated heterocycles. The van der Waals surface area contributed by atoms with Crippen LogP contribution in [0.5, 0.6) is 5.75 Å². The van der Waals surface area contributed by atoms with E-state index in [0.717, 1.165) is 10.5 Å². The molecule has 0 radical (unpaired) electrons. The van der Waals surface area contributed by atoms with Crippen molar-refractivity contribution in [3.05, 3.63) is 46.2 Å². The predicted molar refractivity (Wildman–Crippen MR) is 80.0 cm³/mol. The Morgan fingerprint density at radius 3 is 2.90 bits per heavy atom. The molecule has 0 aliphatic heterocycles. The van der Waals surface area contributed by atoms with Crippen LogP contribution in [0.4, 0.5) is 0 Å². The van der Waals surface area contributed by atoms with E-state index in [1.165, 1.54) is 23.1 Å². The molecule has 2 aromatic rings. The van der Waals surface area contributed by atoms with Gasteiger partial charge < -0.3 is 14.9 Å². The maximum absolute atomic E-state index is 10.8. The molecule has 20 heavy (non-hydrogen) atoms. The van der Waals surface area contributed by atoms with Crippen LogP contribution >= 0.6 is 23.1 Å². The number of rotatable bonds is 6. The molecule has 2 N–H and O–H groups in total. The van der Waals surface area contributed by atoms with Crippen molar-refractivity contribution in [3.63, 3.8) is 0 Å². The number of carbonyl (C=O) groups is 1. The number of ether oxygens (including phenoxy) is 1. The summed E-state index contributed by atoms with van der Waals surface area (Å²) in [7, 11) is 1.58. The number of carboxylic acids is 1. The Bertz CT molecular complexity index is 594. The van der Waals surface area contributed by atoms with Gasteiger partial charge in [0, 0.05) is 16.0 Å². The number of aromatic carboxylic acids is 1. The highest BCUT2D eigenvalue weighted by atomic mass is 32.2. The first-order valence-corrected chi connectivity index (χ1v) is 7.73. The third-order valence-electron chi connectivity index (χ3n) is 2.67. The summed E-state index contributed by atoms with van der Waals surface area (Å²) < 4.78 is 5.12. The van der Waals surface area contributed by atoms with Crippen LogP contribution in [0, 0.1) is 0 Å². The summed E-state index contributed by atoms with van der Waals surface area (Å²) in [6.07, 6.45) is -0.622. The lowest BCUT2D eigenvalue weighted by Gasteiger charge is -2.11. The molecule has 106 valence electrons. The maximum Gasteiger partial charge on any atom is 0.345 e. The van der Waals surface area contributed by atoms with Crippen LogP contribution in [0.1, 0.15) is 21.3 Å². The van der Waals surface area contributed by atoms with E-state index in [0.29, 0.717) is 16.4 Å². The molecule has 1 atom stereocenters. The second-order valence-electron chi connectivity index (χ2n) is 4.06. The number of hydrogen-bond donors (Lipinski definition) is 2. The lowest BCUT2D eigenvalue weighted by Crippen LogP contribution is -2.00. The second kappa shape index (κ2) is 6.78. The molecule has 1 aromatic carbocycles. The summed E-state index contributed by atoms with van der Waals surface area (Å²) in [6, 6.07) is 8.90. The summed E-state index contributed by atoms with van der Waals surface area (Å²) in [5.41, 5.74) is 0.783. The Labute approximate surface area is 125 Å². The van der Waals surface area contributed by atoms with Crippen LogP contribution in [0.15, 0.2) is 40.6 Å². The maximum atomic E-state index is 10.8. The van der Waals surface area contributed by atoms with Crippen molar-refractivity contribution >= 4 is 29.1 Å². The number of hydrogen-bond acceptors (Lipinski definition) is 5. The lowest BCUT2D eigenvalue weighted by molar-refractivity contribution is 0.0702. The lowest BCUT2D eigenvalue weighted by atomic mass is 10.1. The van der Waals surface area contributed by atoms with E-state index in [2.05, 4.69) is 0 Å². The van der Waals surface area contributed by atoms with Crippen molar-refractivity contribution in [2.45, 2.75) is 11.0 Å². The fourth-order valence-electron chi connectivity index (χ4n) is 1.63. The first kappa shape index (κ1) is 14.9. The zero-order chi connectivity index (χ0) is 14.5. The average Bonchev–Trinajstić information content (AvgIpc) is 2.94. The number of thiophene rings is 1. The van der Waals surface area contributed by atoms with Gasteiger partial charge in [0.05, 0.1) is 13.2 Å². The number of methoxy groups -OCH3 is 1. The second-order valence-corrected chi connectivity index (χ2v) is 6.06. The highest BCUT2D eigenvalue weighted by Gasteiger charge is 2.11. The van der Waals surface area contributed by atoms with Gasteiger partial charge in [0.25, 0.3) is 0 Å². The Hall–Kier alpha value is -1.50. The minimum absolute atomic E-state index is 0.309. The van der Waals surface area contributed by atoms with E-state index >= 15 is 0 Å². The first-order chi connectivity index (χ1) is 9.60. The van der Waals surface area contributed by atoms with Gasteiger partial charge in [-0.3, -0.25) is 0 Å². The Morgan fingerprint density at radius 2 is 2.25 bits per heavy atom. The monoisotopic (exact) mass is 310 g/mol. The molecule has 0 spiro atoms. The van der Waals surface area contributed by atoms with E-state index in [-0.39, 0.29) is 0 Å². The zero-order valence-electron chi connectivity index (χ0n) is 10.8. The van der Waals surface area contributed by atoms with Gasteiger partial charge in [-0.05, 0) is 23.8 Å². The Balaban J connectivity index is 1.96. The molecule has 1 heterocycles. The van der Waals surface area contributed by atoms with Crippen molar-refractivity contribution in [2.24, 2.45) is 0 Å². The van der Waals surface area contributed by atoms with Gasteiger partial charge in [-0.25, -0.2) is 4.79 Å². The van der Waals surface area contributed by atoms with Gasteiger partial charge in [-0.2, -0.15) is 0 Å². The number of aliphatic hydroxyl groups excluding tert-OH is 1. The minimum atomic E-state index is -0.921. The summed E-state index contributed by atoms with van der Waals surface area (Å²) in [6.45, 7) is 0. The normalized spacial score (nSPS) is 12.1. The standard InChI is InChI=1S/C14H14O4S2/c1-18-10-4-2-3-9(5-10)12(15)8-19-11-6-13(14(16)17)20-7-11/h2-7,12,15H,8H2,1H3,(H,16,17). The first-order valence-electron chi connectivity index (χ1n) is 5.87. The smallest absolute Gasteiger partial charge is 0.345 e. The van der Waals surface area contributed by atoms with Crippen molar-refractivity contribution in [1.82, 2.24) is 0 Å². The van der Waals surface area contributed by atoms with Gasteiger partial charge in [-0.15, -0.1) is 23.1 Å². The predicted octanol–water partition coefficient (Wildman–Crippen LogP) is 3.28. The molecule has 1 unspecified atom stereocenters. The summed E-state index contributed by atoms with van der Waals surface area (Å²) >= 11 is 2.62. The third kappa shape index (κ3) is 3.75. The number of aliphatic hydroxyl groups is 1. The summed E-state index contributed by atoms with van der Waals surface area (Å²) in [5, 5.41) is 20.8. The molecular weight excluding hydrogens is 296 g/mol. The van der Waals surface area contributed by atoms with E-state index in [4.69, 9.17) is 9.84 Å². The topological polar surface area (TPSA) is 66.8 Å². The minimum Gasteiger partial charge on any atom is -0.497 e. The summed E-state index contributed by atoms with van der Waals surface area (Å²) in [4.78, 5) is 11.9. The van der Waals surface area contributed by atoms with Crippen LogP contribution in [-0.4, -0.2) is 29.0 Å². The number of thioether (sulfide) groups is 1. The molecule has 0 amide bonds. The van der Waals surface area contributed by atoms with Crippen LogP contribution in [0.25, 0.3) is 0 Å². The highest BCUT2D eigenvalue weighted by molar-refractivity contribution is 7.99. The molecule has 6 heteroatoms. The van der Waals surface area contributed by atoms with E-state index < -0.39 is 12.1 Å². The van der Waals surface area contributed by atoms with Crippen molar-refractivity contribution < 1.29 is 19.7 Å². The van der Waals surface area contributed by atoms with Crippen LogP contribution < -0.4 is 4.74 Å². The molecular formula is C14H14O4S2. The zero-order valence-corrected chi connectivity index (χ0v) is 12.4. The van der Waals surface area contributed by atoms with Gasteiger partial charge in [-0.1, -0.05) is 12.1 Å². The fourth-order valence-corrected chi connectivity index (χ4v) is 3.47. The van der Waals surface area contributed by atoms with E-state index in [1.807, 2.05) is 18.2 Å². The van der Waals surface area contributed by atoms with Gasteiger partial charge in [0.2, 0.25) is 0 Å². The van der Waals surface area contributed by atoms with Crippen molar-refractivity contribution in [2.75, 3.05) is 12.9 Å². The highest BCUT2D eigenvalue weighted by Crippen LogP contribution is 2.29. The summed E-state index contributed by atoms with van der Waals surface area (Å²) in [5.74, 6) is 0.244. The van der Waals surface area contributed by atoms with Gasteiger partial charge in [0.1, 0.15) is 10.6 Å². The third-order valence-corrected chi connectivity index (χ3v) is 4.79. The quantitative estimate of drug-likeness (QED) is 0.802. The average molecular weight is 310 g/mol. The van der Waals surface area contributed by atoms with E-state index in [1.54, 1.807) is 24.6 Å². The van der Waals surface area contributed by atoms with Crippen LogP contribution in [-0.2, 0) is 0 Å².